The first-order valence-electron chi connectivity index (χ1n) is 8.35. The van der Waals surface area contributed by atoms with Gasteiger partial charge in [-0.25, -0.2) is 9.59 Å². The van der Waals surface area contributed by atoms with E-state index in [9.17, 15) is 9.59 Å². The topological polar surface area (TPSA) is 96.3 Å². The van der Waals surface area contributed by atoms with E-state index in [0.29, 0.717) is 12.0 Å². The number of rotatable bonds is 7. The van der Waals surface area contributed by atoms with Crippen LogP contribution in [-0.2, 0) is 19.1 Å². The van der Waals surface area contributed by atoms with Gasteiger partial charge in [0.1, 0.15) is 12.7 Å². The van der Waals surface area contributed by atoms with Crippen LogP contribution in [0, 0.1) is 0 Å². The molecule has 1 saturated heterocycles. The summed E-state index contributed by atoms with van der Waals surface area (Å²) < 4.78 is 10.8. The molecule has 0 aliphatic carbocycles. The van der Waals surface area contributed by atoms with Crippen molar-refractivity contribution in [1.82, 2.24) is 4.90 Å². The Bertz CT molecular complexity index is 607. The van der Waals surface area contributed by atoms with Gasteiger partial charge in [-0.15, -0.1) is 0 Å². The number of hydrogen-bond acceptors (Lipinski definition) is 7. The number of esters is 2. The first-order valence-corrected chi connectivity index (χ1v) is 8.35. The fourth-order valence-corrected chi connectivity index (χ4v) is 3.07. The zero-order chi connectivity index (χ0) is 18.4. The number of carbonyl (C=O) groups excluding carboxylic acids is 2. The highest BCUT2D eigenvalue weighted by atomic mass is 16.5. The van der Waals surface area contributed by atoms with E-state index < -0.39 is 11.9 Å². The second-order valence-electron chi connectivity index (χ2n) is 6.18. The summed E-state index contributed by atoms with van der Waals surface area (Å²) in [4.78, 5) is 26.0. The molecular formula is C18H25NO6. The first-order chi connectivity index (χ1) is 12.0. The van der Waals surface area contributed by atoms with Crippen molar-refractivity contribution in [2.24, 2.45) is 0 Å². The molecule has 2 heterocycles. The number of allylic oxidation sites excluding steroid dienone is 1. The number of aliphatic hydroxyl groups is 2. The van der Waals surface area contributed by atoms with E-state index in [1.807, 2.05) is 6.08 Å². The third kappa shape index (κ3) is 4.78. The van der Waals surface area contributed by atoms with Gasteiger partial charge in [0.05, 0.1) is 24.8 Å². The molecule has 2 N–H and O–H groups in total. The van der Waals surface area contributed by atoms with Crippen molar-refractivity contribution in [3.8, 4) is 0 Å². The Morgan fingerprint density at radius 2 is 2.12 bits per heavy atom. The number of aliphatic hydroxyl groups excluding tert-OH is 2. The van der Waals surface area contributed by atoms with Gasteiger partial charge in [-0.1, -0.05) is 12.2 Å². The van der Waals surface area contributed by atoms with Crippen molar-refractivity contribution in [3.05, 3.63) is 34.9 Å². The zero-order valence-electron chi connectivity index (χ0n) is 14.6. The third-order valence-electron chi connectivity index (χ3n) is 4.45. The number of ether oxygens (including phenoxy) is 2. The maximum absolute atomic E-state index is 11.9. The fraction of sp³-hybridized carbons (Fsp3) is 0.556. The molecule has 0 radical (unpaired) electrons. The molecule has 7 heteroatoms. The Balaban J connectivity index is 1.96. The van der Waals surface area contributed by atoms with Gasteiger partial charge in [0.2, 0.25) is 0 Å². The number of nitrogens with zero attached hydrogens (tertiary/aromatic N) is 1. The summed E-state index contributed by atoms with van der Waals surface area (Å²) in [5, 5.41) is 18.1. The van der Waals surface area contributed by atoms with Crippen LogP contribution in [0.15, 0.2) is 34.9 Å². The van der Waals surface area contributed by atoms with E-state index in [-0.39, 0.29) is 37.5 Å². The Morgan fingerprint density at radius 1 is 1.36 bits per heavy atom. The maximum atomic E-state index is 11.9. The van der Waals surface area contributed by atoms with E-state index >= 15 is 0 Å². The number of carbonyl (C=O) groups is 2. The molecular weight excluding hydrogens is 326 g/mol. The van der Waals surface area contributed by atoms with Crippen LogP contribution >= 0.6 is 0 Å². The molecule has 2 aliphatic rings. The molecule has 2 aliphatic heterocycles. The van der Waals surface area contributed by atoms with Crippen molar-refractivity contribution in [2.75, 3.05) is 32.9 Å². The van der Waals surface area contributed by atoms with Crippen molar-refractivity contribution in [3.63, 3.8) is 0 Å². The van der Waals surface area contributed by atoms with Crippen LogP contribution in [-0.4, -0.2) is 72.1 Å². The summed E-state index contributed by atoms with van der Waals surface area (Å²) in [6.45, 7) is 4.41. The molecule has 0 bridgehead atoms. The van der Waals surface area contributed by atoms with Crippen LogP contribution in [0.4, 0.5) is 0 Å². The Labute approximate surface area is 147 Å². The predicted octanol–water partition coefficient (Wildman–Crippen LogP) is 0.333. The highest BCUT2D eigenvalue weighted by Gasteiger charge is 2.41. The average molecular weight is 351 g/mol. The van der Waals surface area contributed by atoms with Crippen LogP contribution in [0.25, 0.3) is 0 Å². The molecule has 0 unspecified atom stereocenters. The Hall–Kier alpha value is -1.96. The largest absolute Gasteiger partial charge is 0.458 e. The monoisotopic (exact) mass is 351 g/mol. The van der Waals surface area contributed by atoms with Gasteiger partial charge in [0.25, 0.3) is 0 Å². The molecule has 0 aromatic carbocycles. The van der Waals surface area contributed by atoms with Gasteiger partial charge in [-0.3, -0.25) is 4.90 Å². The fourth-order valence-electron chi connectivity index (χ4n) is 3.07. The summed E-state index contributed by atoms with van der Waals surface area (Å²) in [6.07, 6.45) is 5.21. The van der Waals surface area contributed by atoms with Crippen molar-refractivity contribution < 1.29 is 29.3 Å². The van der Waals surface area contributed by atoms with Gasteiger partial charge in [-0.2, -0.15) is 0 Å². The molecule has 25 heavy (non-hydrogen) atoms. The SMILES string of the molecule is C/C=C(\CO)C(=O)OCC1=CCN2CC[C@@H](OC(=O)/C=C(/C)CO)[C@@H]12. The molecule has 2 atom stereocenters. The molecule has 1 fully saturated rings. The normalized spacial score (nSPS) is 24.1. The number of fused-ring (bicyclic) bond motifs is 1. The van der Waals surface area contributed by atoms with E-state index in [2.05, 4.69) is 4.90 Å². The maximum Gasteiger partial charge on any atom is 0.336 e. The first kappa shape index (κ1) is 19.4. The van der Waals surface area contributed by atoms with Gasteiger partial charge < -0.3 is 19.7 Å². The van der Waals surface area contributed by atoms with Crippen molar-refractivity contribution in [1.29, 1.82) is 0 Å². The molecule has 0 amide bonds. The third-order valence-corrected chi connectivity index (χ3v) is 4.45. The Kier molecular flexibility index (Phi) is 6.92. The second kappa shape index (κ2) is 8.94. The predicted molar refractivity (Wildman–Crippen MR) is 90.6 cm³/mol. The van der Waals surface area contributed by atoms with Crippen LogP contribution in [0.3, 0.4) is 0 Å². The lowest BCUT2D eigenvalue weighted by Gasteiger charge is -2.23. The second-order valence-corrected chi connectivity index (χ2v) is 6.18. The Morgan fingerprint density at radius 3 is 2.76 bits per heavy atom. The van der Waals surface area contributed by atoms with Crippen LogP contribution < -0.4 is 0 Å². The molecule has 0 aromatic rings. The number of hydrogen-bond donors (Lipinski definition) is 2. The summed E-state index contributed by atoms with van der Waals surface area (Å²) in [5.74, 6) is -1.02. The molecule has 2 rings (SSSR count). The van der Waals surface area contributed by atoms with Gasteiger partial charge in [-0.05, 0) is 31.4 Å². The lowest BCUT2D eigenvalue weighted by atomic mass is 10.1. The van der Waals surface area contributed by atoms with E-state index in [0.717, 1.165) is 18.7 Å². The molecule has 0 spiro atoms. The van der Waals surface area contributed by atoms with Crippen LogP contribution in [0.5, 0.6) is 0 Å². The molecule has 0 saturated carbocycles. The molecule has 138 valence electrons. The van der Waals surface area contributed by atoms with Gasteiger partial charge in [0, 0.05) is 19.2 Å². The smallest absolute Gasteiger partial charge is 0.336 e. The summed E-state index contributed by atoms with van der Waals surface area (Å²) >= 11 is 0. The van der Waals surface area contributed by atoms with Crippen molar-refractivity contribution >= 4 is 11.9 Å². The van der Waals surface area contributed by atoms with E-state index in [1.165, 1.54) is 12.2 Å². The summed E-state index contributed by atoms with van der Waals surface area (Å²) in [6, 6.07) is -0.0947. The van der Waals surface area contributed by atoms with Crippen molar-refractivity contribution in [2.45, 2.75) is 32.4 Å². The summed E-state index contributed by atoms with van der Waals surface area (Å²) in [7, 11) is 0. The minimum absolute atomic E-state index is 0.0947. The lowest BCUT2D eigenvalue weighted by molar-refractivity contribution is -0.144. The standard InChI is InChI=1S/C18H25NO6/c1-3-13(10-21)18(23)24-11-14-4-6-19-7-5-15(17(14)19)25-16(22)8-12(2)9-20/h3-4,8,15,17,20-21H,5-7,9-11H2,1-2H3/b12-8-,13-3+/t15-,17-/m1/s1. The molecule has 0 aromatic heterocycles. The minimum atomic E-state index is -0.544. The molecule has 7 nitrogen and oxygen atoms in total. The van der Waals surface area contributed by atoms with E-state index in [1.54, 1.807) is 13.8 Å². The van der Waals surface area contributed by atoms with Gasteiger partial charge in [0.15, 0.2) is 0 Å². The highest BCUT2D eigenvalue weighted by molar-refractivity contribution is 5.88. The zero-order valence-corrected chi connectivity index (χ0v) is 14.6. The highest BCUT2D eigenvalue weighted by Crippen LogP contribution is 2.31. The minimum Gasteiger partial charge on any atom is -0.458 e. The van der Waals surface area contributed by atoms with E-state index in [4.69, 9.17) is 19.7 Å². The summed E-state index contributed by atoms with van der Waals surface area (Å²) in [5.41, 5.74) is 1.66. The average Bonchev–Trinajstić information content (AvgIpc) is 3.17. The lowest BCUT2D eigenvalue weighted by Crippen LogP contribution is -2.36. The van der Waals surface area contributed by atoms with Crippen LogP contribution in [0.1, 0.15) is 20.3 Å². The quantitative estimate of drug-likeness (QED) is 0.388. The van der Waals surface area contributed by atoms with Crippen LogP contribution in [0.2, 0.25) is 0 Å². The van der Waals surface area contributed by atoms with Gasteiger partial charge >= 0.3 is 11.9 Å².